The van der Waals surface area contributed by atoms with Crippen LogP contribution in [0.2, 0.25) is 0 Å². The molecule has 0 unspecified atom stereocenters. The molecule has 0 radical (unpaired) electrons. The van der Waals surface area contributed by atoms with Crippen LogP contribution in [-0.2, 0) is 11.3 Å². The van der Waals surface area contributed by atoms with Gasteiger partial charge in [-0.25, -0.2) is 4.79 Å². The van der Waals surface area contributed by atoms with E-state index in [1.807, 2.05) is 68.4 Å². The third-order valence-electron chi connectivity index (χ3n) is 5.07. The molecule has 0 spiro atoms. The van der Waals surface area contributed by atoms with Crippen molar-refractivity contribution in [3.8, 4) is 5.69 Å². The van der Waals surface area contributed by atoms with Gasteiger partial charge in [0.1, 0.15) is 5.70 Å². The summed E-state index contributed by atoms with van der Waals surface area (Å²) in [5, 5.41) is 2.71. The van der Waals surface area contributed by atoms with E-state index < -0.39 is 6.03 Å². The third-order valence-corrected chi connectivity index (χ3v) is 6.13. The summed E-state index contributed by atoms with van der Waals surface area (Å²) in [4.78, 5) is 26.5. The van der Waals surface area contributed by atoms with E-state index in [0.717, 1.165) is 37.1 Å². The summed E-state index contributed by atoms with van der Waals surface area (Å²) in [6, 6.07) is 17.2. The Morgan fingerprint density at radius 3 is 2.17 bits per heavy atom. The lowest BCUT2D eigenvalue weighted by atomic mass is 10.2. The number of halogens is 2. The highest BCUT2D eigenvalue weighted by Gasteiger charge is 2.33. The number of benzene rings is 2. The van der Waals surface area contributed by atoms with Crippen molar-refractivity contribution in [3.63, 3.8) is 0 Å². The topological polar surface area (TPSA) is 54.3 Å². The largest absolute Gasteiger partial charge is 0.329 e. The molecule has 1 N–H and O–H groups in total. The minimum absolute atomic E-state index is 0.229. The summed E-state index contributed by atoms with van der Waals surface area (Å²) in [7, 11) is 0. The lowest BCUT2D eigenvalue weighted by Gasteiger charge is -2.11. The first kappa shape index (κ1) is 20.6. The third kappa shape index (κ3) is 4.00. The van der Waals surface area contributed by atoms with Crippen LogP contribution >= 0.6 is 31.9 Å². The van der Waals surface area contributed by atoms with E-state index >= 15 is 0 Å². The van der Waals surface area contributed by atoms with E-state index in [4.69, 9.17) is 0 Å². The highest BCUT2D eigenvalue weighted by molar-refractivity contribution is 9.10. The maximum Gasteiger partial charge on any atom is 0.329 e. The number of carbonyl (C=O) groups is 2. The van der Waals surface area contributed by atoms with Crippen LogP contribution in [0.15, 0.2) is 69.2 Å². The number of imide groups is 1. The van der Waals surface area contributed by atoms with Gasteiger partial charge < -0.3 is 9.88 Å². The lowest BCUT2D eigenvalue weighted by Crippen LogP contribution is -2.30. The van der Waals surface area contributed by atoms with Crippen LogP contribution in [0.4, 0.5) is 4.79 Å². The van der Waals surface area contributed by atoms with Crippen molar-refractivity contribution < 1.29 is 9.59 Å². The average Bonchev–Trinajstić information content (AvgIpc) is 3.14. The van der Waals surface area contributed by atoms with Crippen molar-refractivity contribution in [1.82, 2.24) is 14.8 Å². The minimum Gasteiger partial charge on any atom is -0.318 e. The zero-order valence-corrected chi connectivity index (χ0v) is 19.6. The van der Waals surface area contributed by atoms with Gasteiger partial charge in [-0.2, -0.15) is 0 Å². The van der Waals surface area contributed by atoms with Crippen molar-refractivity contribution in [2.24, 2.45) is 0 Å². The number of aromatic nitrogens is 1. The molecule has 30 heavy (non-hydrogen) atoms. The molecule has 0 bridgehead atoms. The second-order valence-electron chi connectivity index (χ2n) is 7.14. The number of carbonyl (C=O) groups excluding carboxylic acids is 2. The van der Waals surface area contributed by atoms with Crippen LogP contribution in [0.5, 0.6) is 0 Å². The molecule has 3 amide bonds. The molecule has 2 heterocycles. The van der Waals surface area contributed by atoms with E-state index in [1.165, 1.54) is 4.90 Å². The van der Waals surface area contributed by atoms with Gasteiger partial charge in [-0.15, -0.1) is 0 Å². The number of amides is 3. The predicted molar refractivity (Wildman–Crippen MR) is 124 cm³/mol. The molecule has 5 nitrogen and oxygen atoms in total. The number of aryl methyl sites for hydroxylation is 1. The normalized spacial score (nSPS) is 15.2. The highest BCUT2D eigenvalue weighted by Crippen LogP contribution is 2.25. The fourth-order valence-electron chi connectivity index (χ4n) is 3.56. The van der Waals surface area contributed by atoms with E-state index in [-0.39, 0.29) is 18.1 Å². The number of nitrogens with zero attached hydrogens (tertiary/aromatic N) is 2. The fourth-order valence-corrected chi connectivity index (χ4v) is 4.09. The number of rotatable bonds is 4. The number of hydrogen-bond acceptors (Lipinski definition) is 2. The summed E-state index contributed by atoms with van der Waals surface area (Å²) in [6.07, 6.45) is 1.75. The molecule has 4 rings (SSSR count). The Bertz CT molecular complexity index is 1160. The molecule has 152 valence electrons. The molecular weight excluding hydrogens is 510 g/mol. The van der Waals surface area contributed by atoms with Crippen LogP contribution in [0, 0.1) is 13.8 Å². The standard InChI is InChI=1S/C23H19Br2N3O2/c1-14-11-17(15(2)28(14)20-9-7-19(25)8-10-20)12-21-22(29)27(23(30)26-21)13-16-3-5-18(24)6-4-16/h3-12H,13H2,1-2H3,(H,26,30)/b21-12-. The summed E-state index contributed by atoms with van der Waals surface area (Å²) in [5.74, 6) is -0.323. The average molecular weight is 529 g/mol. The van der Waals surface area contributed by atoms with Gasteiger partial charge in [0.25, 0.3) is 5.91 Å². The lowest BCUT2D eigenvalue weighted by molar-refractivity contribution is -0.123. The number of nitrogens with one attached hydrogen (secondary N) is 1. The molecule has 0 saturated carbocycles. The van der Waals surface area contributed by atoms with Crippen molar-refractivity contribution in [2.45, 2.75) is 20.4 Å². The molecule has 1 aliphatic heterocycles. The molecule has 1 aliphatic rings. The second kappa shape index (κ2) is 8.24. The van der Waals surface area contributed by atoms with Gasteiger partial charge in [-0.05, 0) is 73.5 Å². The Balaban J connectivity index is 1.61. The SMILES string of the molecule is Cc1cc(/C=C2\NC(=O)N(Cc3ccc(Br)cc3)C2=O)c(C)n1-c1ccc(Br)cc1. The molecule has 3 aromatic rings. The first-order valence-electron chi connectivity index (χ1n) is 9.37. The van der Waals surface area contributed by atoms with Crippen molar-refractivity contribution in [1.29, 1.82) is 0 Å². The zero-order chi connectivity index (χ0) is 21.4. The van der Waals surface area contributed by atoms with Crippen LogP contribution in [0.1, 0.15) is 22.5 Å². The highest BCUT2D eigenvalue weighted by atomic mass is 79.9. The number of hydrogen-bond donors (Lipinski definition) is 1. The fraction of sp³-hybridized carbons (Fsp3) is 0.130. The van der Waals surface area contributed by atoms with Crippen LogP contribution < -0.4 is 5.32 Å². The maximum atomic E-state index is 12.9. The predicted octanol–water partition coefficient (Wildman–Crippen LogP) is 5.71. The monoisotopic (exact) mass is 527 g/mol. The Hall–Kier alpha value is -2.64. The minimum atomic E-state index is -0.407. The Labute approximate surface area is 191 Å². The first-order chi connectivity index (χ1) is 14.3. The molecule has 0 atom stereocenters. The van der Waals surface area contributed by atoms with Gasteiger partial charge in [-0.3, -0.25) is 9.69 Å². The molecule has 1 fully saturated rings. The Morgan fingerprint density at radius 1 is 0.933 bits per heavy atom. The summed E-state index contributed by atoms with van der Waals surface area (Å²) in [5.41, 5.74) is 5.14. The Morgan fingerprint density at radius 2 is 1.53 bits per heavy atom. The second-order valence-corrected chi connectivity index (χ2v) is 8.98. The van der Waals surface area contributed by atoms with E-state index in [0.29, 0.717) is 0 Å². The molecule has 1 aromatic heterocycles. The van der Waals surface area contributed by atoms with Crippen LogP contribution in [-0.4, -0.2) is 21.4 Å². The molecule has 0 aliphatic carbocycles. The van der Waals surface area contributed by atoms with Crippen LogP contribution in [0.25, 0.3) is 11.8 Å². The zero-order valence-electron chi connectivity index (χ0n) is 16.4. The van der Waals surface area contributed by atoms with E-state index in [2.05, 4.69) is 41.7 Å². The summed E-state index contributed by atoms with van der Waals surface area (Å²) >= 11 is 6.85. The van der Waals surface area contributed by atoms with Gasteiger partial charge in [-0.1, -0.05) is 44.0 Å². The maximum absolute atomic E-state index is 12.9. The first-order valence-corrected chi connectivity index (χ1v) is 11.0. The van der Waals surface area contributed by atoms with Gasteiger partial charge in [0, 0.05) is 26.0 Å². The van der Waals surface area contributed by atoms with E-state index in [9.17, 15) is 9.59 Å². The van der Waals surface area contributed by atoms with Gasteiger partial charge in [0.15, 0.2) is 0 Å². The van der Waals surface area contributed by atoms with E-state index in [1.54, 1.807) is 6.08 Å². The molecule has 1 saturated heterocycles. The molecular formula is C23H19Br2N3O2. The van der Waals surface area contributed by atoms with Crippen molar-refractivity contribution in [2.75, 3.05) is 0 Å². The Kier molecular flexibility index (Phi) is 5.66. The van der Waals surface area contributed by atoms with Gasteiger partial charge in [0.2, 0.25) is 0 Å². The van der Waals surface area contributed by atoms with Crippen LogP contribution in [0.3, 0.4) is 0 Å². The van der Waals surface area contributed by atoms with Crippen molar-refractivity contribution in [3.05, 3.63) is 91.8 Å². The smallest absolute Gasteiger partial charge is 0.318 e. The summed E-state index contributed by atoms with van der Waals surface area (Å²) < 4.78 is 4.09. The quantitative estimate of drug-likeness (QED) is 0.348. The summed E-state index contributed by atoms with van der Waals surface area (Å²) in [6.45, 7) is 4.25. The van der Waals surface area contributed by atoms with Gasteiger partial charge >= 0.3 is 6.03 Å². The number of urea groups is 1. The molecule has 7 heteroatoms. The van der Waals surface area contributed by atoms with Gasteiger partial charge in [0.05, 0.1) is 6.54 Å². The molecule has 2 aromatic carbocycles. The van der Waals surface area contributed by atoms with Crippen molar-refractivity contribution >= 4 is 49.9 Å².